The van der Waals surface area contributed by atoms with Crippen LogP contribution < -0.4 is 0 Å². The number of rotatable bonds is 6. The molecule has 7 heteroatoms. The summed E-state index contributed by atoms with van der Waals surface area (Å²) in [4.78, 5) is 14.8. The lowest BCUT2D eigenvalue weighted by molar-refractivity contribution is -0.177. The summed E-state index contributed by atoms with van der Waals surface area (Å²) in [5.74, 6) is -0.487. The molecule has 1 fully saturated rings. The van der Waals surface area contributed by atoms with Gasteiger partial charge < -0.3 is 5.11 Å². The van der Waals surface area contributed by atoms with Crippen molar-refractivity contribution in [1.29, 1.82) is 0 Å². The van der Waals surface area contributed by atoms with Crippen molar-refractivity contribution in [2.45, 2.75) is 25.0 Å². The molecule has 5 nitrogen and oxygen atoms in total. The first-order valence-corrected chi connectivity index (χ1v) is 9.60. The fourth-order valence-electron chi connectivity index (χ4n) is 3.33. The highest BCUT2D eigenvalue weighted by molar-refractivity contribution is 6.36. The number of carbonyl (C=O) groups is 1. The molecular formula is C20H22Cl2N2O3. The van der Waals surface area contributed by atoms with E-state index in [1.165, 1.54) is 0 Å². The van der Waals surface area contributed by atoms with Gasteiger partial charge in [-0.2, -0.15) is 0 Å². The Morgan fingerprint density at radius 1 is 1.15 bits per heavy atom. The van der Waals surface area contributed by atoms with Crippen molar-refractivity contribution in [3.05, 3.63) is 69.7 Å². The summed E-state index contributed by atoms with van der Waals surface area (Å²) in [5, 5.41) is 22.0. The van der Waals surface area contributed by atoms with Crippen molar-refractivity contribution in [1.82, 2.24) is 9.96 Å². The van der Waals surface area contributed by atoms with Crippen LogP contribution in [0.5, 0.6) is 0 Å². The van der Waals surface area contributed by atoms with E-state index in [0.717, 1.165) is 17.2 Å². The average Bonchev–Trinajstić information content (AvgIpc) is 3.08. The summed E-state index contributed by atoms with van der Waals surface area (Å²) in [6.07, 6.45) is 0.225. The van der Waals surface area contributed by atoms with E-state index < -0.39 is 11.9 Å². The van der Waals surface area contributed by atoms with Gasteiger partial charge in [-0.3, -0.25) is 14.9 Å². The summed E-state index contributed by atoms with van der Waals surface area (Å²) in [5.41, 5.74) is 1.31. The molecule has 144 valence electrons. The molecule has 2 aromatic carbocycles. The Kier molecular flexibility index (Phi) is 6.73. The van der Waals surface area contributed by atoms with Crippen LogP contribution in [0.4, 0.5) is 0 Å². The first kappa shape index (κ1) is 20.1. The molecule has 1 saturated heterocycles. The molecule has 0 aliphatic carbocycles. The van der Waals surface area contributed by atoms with Gasteiger partial charge in [0.15, 0.2) is 0 Å². The number of halogens is 2. The monoisotopic (exact) mass is 408 g/mol. The largest absolute Gasteiger partial charge is 0.392 e. The second-order valence-corrected chi connectivity index (χ2v) is 7.56. The number of nitrogens with zero attached hydrogens (tertiary/aromatic N) is 2. The highest BCUT2D eigenvalue weighted by Crippen LogP contribution is 2.27. The van der Waals surface area contributed by atoms with Crippen LogP contribution in [0.25, 0.3) is 0 Å². The molecule has 0 saturated carbocycles. The van der Waals surface area contributed by atoms with E-state index >= 15 is 0 Å². The molecule has 1 heterocycles. The number of aliphatic hydroxyl groups excluding tert-OH is 1. The summed E-state index contributed by atoms with van der Waals surface area (Å²) in [6, 6.07) is 13.8. The second kappa shape index (κ2) is 9.04. The summed E-state index contributed by atoms with van der Waals surface area (Å²) >= 11 is 12.3. The lowest BCUT2D eigenvalue weighted by atomic mass is 10.0. The zero-order valence-electron chi connectivity index (χ0n) is 14.8. The molecule has 1 amide bonds. The predicted molar refractivity (Wildman–Crippen MR) is 105 cm³/mol. The molecule has 2 atom stereocenters. The van der Waals surface area contributed by atoms with Crippen molar-refractivity contribution in [3.63, 3.8) is 0 Å². The Labute approximate surface area is 168 Å². The summed E-state index contributed by atoms with van der Waals surface area (Å²) < 4.78 is 0. The van der Waals surface area contributed by atoms with E-state index in [2.05, 4.69) is 0 Å². The van der Waals surface area contributed by atoms with Crippen LogP contribution in [0, 0.1) is 0 Å². The molecule has 0 radical (unpaired) electrons. The second-order valence-electron chi connectivity index (χ2n) is 6.74. The van der Waals surface area contributed by atoms with Crippen LogP contribution in [0.2, 0.25) is 10.0 Å². The van der Waals surface area contributed by atoms with Crippen LogP contribution >= 0.6 is 23.2 Å². The Morgan fingerprint density at radius 2 is 1.81 bits per heavy atom. The molecule has 0 bridgehead atoms. The minimum absolute atomic E-state index is 0.0963. The smallest absolute Gasteiger partial charge is 0.251 e. The van der Waals surface area contributed by atoms with Crippen LogP contribution in [0.1, 0.15) is 23.6 Å². The minimum atomic E-state index is -0.551. The number of hydrogen-bond acceptors (Lipinski definition) is 4. The van der Waals surface area contributed by atoms with Gasteiger partial charge in [0.25, 0.3) is 5.91 Å². The lowest BCUT2D eigenvalue weighted by Crippen LogP contribution is -2.40. The Morgan fingerprint density at radius 3 is 2.41 bits per heavy atom. The van der Waals surface area contributed by atoms with Crippen molar-refractivity contribution in [3.8, 4) is 0 Å². The van der Waals surface area contributed by atoms with Gasteiger partial charge >= 0.3 is 0 Å². The molecule has 0 spiro atoms. The molecular weight excluding hydrogens is 387 g/mol. The minimum Gasteiger partial charge on any atom is -0.392 e. The zero-order valence-corrected chi connectivity index (χ0v) is 16.3. The van der Waals surface area contributed by atoms with Crippen LogP contribution in [-0.4, -0.2) is 51.9 Å². The Balaban J connectivity index is 1.79. The number of aliphatic hydroxyl groups is 1. The highest BCUT2D eigenvalue weighted by atomic mass is 35.5. The molecule has 2 unspecified atom stereocenters. The fraction of sp³-hybridized carbons (Fsp3) is 0.350. The SMILES string of the molecule is O=C(Cc1c(Cl)cccc1Cl)N(O)C(CN1CCC(O)C1)c1ccccc1. The van der Waals surface area contributed by atoms with E-state index in [-0.39, 0.29) is 12.5 Å². The van der Waals surface area contributed by atoms with Crippen LogP contribution in [0.15, 0.2) is 48.5 Å². The van der Waals surface area contributed by atoms with Gasteiger partial charge in [0.1, 0.15) is 0 Å². The van der Waals surface area contributed by atoms with Gasteiger partial charge in [-0.1, -0.05) is 59.6 Å². The number of benzene rings is 2. The molecule has 2 N–H and O–H groups in total. The van der Waals surface area contributed by atoms with E-state index in [0.29, 0.717) is 35.1 Å². The van der Waals surface area contributed by atoms with E-state index in [1.54, 1.807) is 18.2 Å². The zero-order chi connectivity index (χ0) is 19.4. The van der Waals surface area contributed by atoms with Gasteiger partial charge in [0.05, 0.1) is 18.6 Å². The van der Waals surface area contributed by atoms with Crippen LogP contribution in [-0.2, 0) is 11.2 Å². The lowest BCUT2D eigenvalue weighted by Gasteiger charge is -2.30. The van der Waals surface area contributed by atoms with E-state index in [9.17, 15) is 15.1 Å². The molecule has 1 aliphatic heterocycles. The quantitative estimate of drug-likeness (QED) is 0.566. The molecule has 1 aliphatic rings. The van der Waals surface area contributed by atoms with Crippen LogP contribution in [0.3, 0.4) is 0 Å². The van der Waals surface area contributed by atoms with E-state index in [1.807, 2.05) is 35.2 Å². The fourth-order valence-corrected chi connectivity index (χ4v) is 3.86. The maximum absolute atomic E-state index is 12.8. The Hall–Kier alpha value is -1.63. The van der Waals surface area contributed by atoms with Gasteiger partial charge in [-0.15, -0.1) is 0 Å². The normalized spacial score (nSPS) is 18.4. The summed E-state index contributed by atoms with van der Waals surface area (Å²) in [7, 11) is 0. The third-order valence-electron chi connectivity index (χ3n) is 4.80. The number of hydroxylamine groups is 2. The van der Waals surface area contributed by atoms with Crippen molar-refractivity contribution in [2.24, 2.45) is 0 Å². The third kappa shape index (κ3) is 5.00. The first-order valence-electron chi connectivity index (χ1n) is 8.85. The molecule has 2 aromatic rings. The molecule has 3 rings (SSSR count). The van der Waals surface area contributed by atoms with Gasteiger partial charge in [0.2, 0.25) is 0 Å². The van der Waals surface area contributed by atoms with E-state index in [4.69, 9.17) is 23.2 Å². The van der Waals surface area contributed by atoms with Crippen molar-refractivity contribution in [2.75, 3.05) is 19.6 Å². The first-order chi connectivity index (χ1) is 13.0. The Bertz CT molecular complexity index is 768. The standard InChI is InChI=1S/C20H22Cl2N2O3/c21-17-7-4-8-18(22)16(17)11-20(26)24(27)19(14-5-2-1-3-6-14)13-23-10-9-15(25)12-23/h1-8,15,19,25,27H,9-13H2. The topological polar surface area (TPSA) is 64.0 Å². The highest BCUT2D eigenvalue weighted by Gasteiger charge is 2.30. The summed E-state index contributed by atoms with van der Waals surface area (Å²) in [6.45, 7) is 1.68. The van der Waals surface area contributed by atoms with Gasteiger partial charge in [-0.25, -0.2) is 5.06 Å². The number of likely N-dealkylation sites (tertiary alicyclic amines) is 1. The number of amides is 1. The molecule has 27 heavy (non-hydrogen) atoms. The van der Waals surface area contributed by atoms with Gasteiger partial charge in [-0.05, 0) is 29.7 Å². The number of carbonyl (C=O) groups excluding carboxylic acids is 1. The maximum atomic E-state index is 12.8. The van der Waals surface area contributed by atoms with Crippen molar-refractivity contribution < 1.29 is 15.1 Å². The third-order valence-corrected chi connectivity index (χ3v) is 5.51. The maximum Gasteiger partial charge on any atom is 0.251 e. The number of β-amino-alcohol motifs (C(OH)–C–C–N with tert-alkyl or cyclic N) is 1. The predicted octanol–water partition coefficient (Wildman–Crippen LogP) is 3.56. The van der Waals surface area contributed by atoms with Crippen molar-refractivity contribution >= 4 is 29.1 Å². The number of hydrogen-bond donors (Lipinski definition) is 2. The molecule has 0 aromatic heterocycles. The van der Waals surface area contributed by atoms with Gasteiger partial charge in [0, 0.05) is 29.7 Å². The average molecular weight is 409 g/mol.